The molecule has 2 aromatic heterocycles. The summed E-state index contributed by atoms with van der Waals surface area (Å²) in [6.07, 6.45) is 4.72. The third-order valence-corrected chi connectivity index (χ3v) is 2.71. The Labute approximate surface area is 106 Å². The lowest BCUT2D eigenvalue weighted by Crippen LogP contribution is -2.11. The Kier molecular flexibility index (Phi) is 3.76. The number of nitrogens with two attached hydrogens (primary N) is 1. The van der Waals surface area contributed by atoms with E-state index in [1.54, 1.807) is 6.20 Å². The minimum Gasteiger partial charge on any atom is -0.383 e. The molecule has 0 aliphatic heterocycles. The van der Waals surface area contributed by atoms with E-state index in [0.717, 1.165) is 30.9 Å². The molecular weight excluding hydrogens is 228 g/mol. The highest BCUT2D eigenvalue weighted by molar-refractivity contribution is 5.54. The highest BCUT2D eigenvalue weighted by Gasteiger charge is 2.05. The number of hydrogen-bond acceptors (Lipinski definition) is 5. The van der Waals surface area contributed by atoms with Crippen LogP contribution in [0.5, 0.6) is 0 Å². The highest BCUT2D eigenvalue weighted by Crippen LogP contribution is 2.16. The maximum atomic E-state index is 5.80. The van der Waals surface area contributed by atoms with Gasteiger partial charge in [-0.3, -0.25) is 4.68 Å². The lowest BCUT2D eigenvalue weighted by Gasteiger charge is -2.10. The van der Waals surface area contributed by atoms with Crippen molar-refractivity contribution in [2.75, 3.05) is 17.6 Å². The molecular formula is C12H18N6. The van der Waals surface area contributed by atoms with Crippen molar-refractivity contribution in [1.29, 1.82) is 0 Å². The van der Waals surface area contributed by atoms with E-state index in [1.165, 1.54) is 0 Å². The van der Waals surface area contributed by atoms with E-state index in [1.807, 2.05) is 30.8 Å². The number of hydrogen-bond donors (Lipinski definition) is 2. The molecule has 96 valence electrons. The van der Waals surface area contributed by atoms with Crippen LogP contribution in [-0.2, 0) is 6.54 Å². The smallest absolute Gasteiger partial charge is 0.134 e. The molecule has 0 aliphatic rings. The van der Waals surface area contributed by atoms with Crippen LogP contribution in [0.15, 0.2) is 18.5 Å². The van der Waals surface area contributed by atoms with Crippen molar-refractivity contribution in [3.63, 3.8) is 0 Å². The summed E-state index contributed by atoms with van der Waals surface area (Å²) in [4.78, 5) is 8.46. The molecule has 2 heterocycles. The molecule has 0 aliphatic carbocycles. The van der Waals surface area contributed by atoms with Gasteiger partial charge in [-0.1, -0.05) is 0 Å². The van der Waals surface area contributed by atoms with Crippen molar-refractivity contribution in [3.05, 3.63) is 29.8 Å². The van der Waals surface area contributed by atoms with Crippen LogP contribution in [-0.4, -0.2) is 26.3 Å². The highest BCUT2D eigenvalue weighted by atomic mass is 15.3. The van der Waals surface area contributed by atoms with Crippen molar-refractivity contribution in [3.8, 4) is 0 Å². The Morgan fingerprint density at radius 2 is 2.17 bits per heavy atom. The van der Waals surface area contributed by atoms with E-state index >= 15 is 0 Å². The number of nitrogens with one attached hydrogen (secondary N) is 1. The normalized spacial score (nSPS) is 10.6. The summed E-state index contributed by atoms with van der Waals surface area (Å²) >= 11 is 0. The Morgan fingerprint density at radius 3 is 2.89 bits per heavy atom. The van der Waals surface area contributed by atoms with Gasteiger partial charge in [0.1, 0.15) is 17.5 Å². The molecule has 0 amide bonds. The van der Waals surface area contributed by atoms with Crippen LogP contribution in [0.3, 0.4) is 0 Å². The first kappa shape index (κ1) is 12.3. The van der Waals surface area contributed by atoms with Gasteiger partial charge >= 0.3 is 0 Å². The fraction of sp³-hybridized carbons (Fsp3) is 0.417. The summed E-state index contributed by atoms with van der Waals surface area (Å²) in [7, 11) is 0. The van der Waals surface area contributed by atoms with Gasteiger partial charge in [0.05, 0.1) is 0 Å². The second-order valence-corrected chi connectivity index (χ2v) is 4.18. The maximum Gasteiger partial charge on any atom is 0.134 e. The molecule has 0 aromatic carbocycles. The number of aryl methyl sites for hydroxylation is 2. The summed E-state index contributed by atoms with van der Waals surface area (Å²) in [6.45, 7) is 5.48. The van der Waals surface area contributed by atoms with Gasteiger partial charge in [-0.15, -0.1) is 0 Å². The van der Waals surface area contributed by atoms with E-state index in [2.05, 4.69) is 20.4 Å². The summed E-state index contributed by atoms with van der Waals surface area (Å²) in [5.74, 6) is 2.05. The molecule has 0 radical (unpaired) electrons. The molecule has 0 fully saturated rings. The summed E-state index contributed by atoms with van der Waals surface area (Å²) in [5.41, 5.74) is 6.70. The van der Waals surface area contributed by atoms with Crippen molar-refractivity contribution in [2.24, 2.45) is 0 Å². The number of nitrogen functional groups attached to an aromatic ring is 1. The number of aromatic nitrogens is 4. The fourth-order valence-electron chi connectivity index (χ4n) is 1.70. The Morgan fingerprint density at radius 1 is 1.33 bits per heavy atom. The quantitative estimate of drug-likeness (QED) is 0.779. The van der Waals surface area contributed by atoms with Gasteiger partial charge in [-0.2, -0.15) is 5.10 Å². The second kappa shape index (κ2) is 5.48. The first-order valence-electron chi connectivity index (χ1n) is 5.99. The second-order valence-electron chi connectivity index (χ2n) is 4.18. The standard InChI is InChI=1S/C12H18N6/c1-9-11(13)16-10(2)17-12(9)14-5-3-7-18-8-4-6-15-18/h4,6,8H,3,5,7H2,1-2H3,(H3,13,14,16,17). The molecule has 6 nitrogen and oxygen atoms in total. The van der Waals surface area contributed by atoms with Crippen molar-refractivity contribution >= 4 is 11.6 Å². The van der Waals surface area contributed by atoms with Gasteiger partial charge in [0.25, 0.3) is 0 Å². The van der Waals surface area contributed by atoms with Crippen LogP contribution < -0.4 is 11.1 Å². The van der Waals surface area contributed by atoms with Crippen LogP contribution in [0.4, 0.5) is 11.6 Å². The first-order chi connectivity index (χ1) is 8.66. The molecule has 3 N–H and O–H groups in total. The lowest BCUT2D eigenvalue weighted by atomic mass is 10.3. The monoisotopic (exact) mass is 246 g/mol. The van der Waals surface area contributed by atoms with Gasteiger partial charge in [0.2, 0.25) is 0 Å². The Bertz CT molecular complexity index is 506. The molecule has 0 saturated heterocycles. The topological polar surface area (TPSA) is 81.6 Å². The zero-order chi connectivity index (χ0) is 13.0. The van der Waals surface area contributed by atoms with Crippen molar-refractivity contribution in [1.82, 2.24) is 19.7 Å². The zero-order valence-electron chi connectivity index (χ0n) is 10.7. The summed E-state index contributed by atoms with van der Waals surface area (Å²) in [5, 5.41) is 7.43. The molecule has 0 unspecified atom stereocenters. The Balaban J connectivity index is 1.86. The van der Waals surface area contributed by atoms with E-state index in [4.69, 9.17) is 5.73 Å². The molecule has 2 rings (SSSR count). The SMILES string of the molecule is Cc1nc(N)c(C)c(NCCCn2cccn2)n1. The van der Waals surface area contributed by atoms with Crippen LogP contribution >= 0.6 is 0 Å². The predicted molar refractivity (Wildman–Crippen MR) is 71.3 cm³/mol. The number of nitrogens with zero attached hydrogens (tertiary/aromatic N) is 4. The van der Waals surface area contributed by atoms with Crippen LogP contribution in [0.25, 0.3) is 0 Å². The molecule has 0 saturated carbocycles. The van der Waals surface area contributed by atoms with Gasteiger partial charge in [-0.25, -0.2) is 9.97 Å². The van der Waals surface area contributed by atoms with Crippen LogP contribution in [0.1, 0.15) is 17.8 Å². The number of rotatable bonds is 5. The number of anilines is 2. The van der Waals surface area contributed by atoms with E-state index < -0.39 is 0 Å². The van der Waals surface area contributed by atoms with Crippen molar-refractivity contribution in [2.45, 2.75) is 26.8 Å². The lowest BCUT2D eigenvalue weighted by molar-refractivity contribution is 0.591. The third-order valence-electron chi connectivity index (χ3n) is 2.71. The predicted octanol–water partition coefficient (Wildman–Crippen LogP) is 1.37. The van der Waals surface area contributed by atoms with Gasteiger partial charge in [0, 0.05) is 31.0 Å². The van der Waals surface area contributed by atoms with Crippen LogP contribution in [0, 0.1) is 13.8 Å². The molecule has 0 bridgehead atoms. The minimum absolute atomic E-state index is 0.539. The largest absolute Gasteiger partial charge is 0.383 e. The molecule has 0 spiro atoms. The van der Waals surface area contributed by atoms with Gasteiger partial charge < -0.3 is 11.1 Å². The average molecular weight is 246 g/mol. The van der Waals surface area contributed by atoms with E-state index in [0.29, 0.717) is 11.6 Å². The minimum atomic E-state index is 0.539. The van der Waals surface area contributed by atoms with E-state index in [-0.39, 0.29) is 0 Å². The molecule has 6 heteroatoms. The van der Waals surface area contributed by atoms with Gasteiger partial charge in [-0.05, 0) is 26.3 Å². The Hall–Kier alpha value is -2.11. The van der Waals surface area contributed by atoms with Crippen LogP contribution in [0.2, 0.25) is 0 Å². The molecule has 18 heavy (non-hydrogen) atoms. The first-order valence-corrected chi connectivity index (χ1v) is 5.99. The zero-order valence-corrected chi connectivity index (χ0v) is 10.7. The summed E-state index contributed by atoms with van der Waals surface area (Å²) < 4.78 is 1.91. The third kappa shape index (κ3) is 2.97. The average Bonchev–Trinajstić information content (AvgIpc) is 2.83. The fourth-order valence-corrected chi connectivity index (χ4v) is 1.70. The van der Waals surface area contributed by atoms with Gasteiger partial charge in [0.15, 0.2) is 0 Å². The summed E-state index contributed by atoms with van der Waals surface area (Å²) in [6, 6.07) is 1.92. The van der Waals surface area contributed by atoms with Crippen molar-refractivity contribution < 1.29 is 0 Å². The maximum absolute atomic E-state index is 5.80. The molecule has 0 atom stereocenters. The molecule has 2 aromatic rings. The van der Waals surface area contributed by atoms with E-state index in [9.17, 15) is 0 Å².